The first-order valence-corrected chi connectivity index (χ1v) is 52.2. The molecule has 0 saturated heterocycles. The molecule has 0 radical (unpaired) electrons. The Kier molecular flexibility index (Phi) is 52.5. The van der Waals surface area contributed by atoms with Crippen LogP contribution in [0.15, 0.2) is 359 Å². The van der Waals surface area contributed by atoms with Gasteiger partial charge in [0, 0.05) is 93.9 Å². The van der Waals surface area contributed by atoms with Crippen LogP contribution >= 0.6 is 0 Å². The van der Waals surface area contributed by atoms with E-state index in [1.807, 2.05) is 362 Å². The third-order valence-electron chi connectivity index (χ3n) is 25.5. The van der Waals surface area contributed by atoms with Crippen molar-refractivity contribution < 1.29 is 19.2 Å². The lowest BCUT2D eigenvalue weighted by Crippen LogP contribution is -2.24. The summed E-state index contributed by atoms with van der Waals surface area (Å²) < 4.78 is 0. The number of hydrogen-bond acceptors (Lipinski definition) is 12. The van der Waals surface area contributed by atoms with Gasteiger partial charge in [-0.05, 0) is 259 Å². The molecule has 149 heavy (non-hydrogen) atoms. The molecule has 2 saturated carbocycles. The van der Waals surface area contributed by atoms with E-state index in [2.05, 4.69) is 204 Å². The summed E-state index contributed by atoms with van der Waals surface area (Å²) in [6.07, 6.45) is 38.2. The average Bonchev–Trinajstić information content (AvgIpc) is 0.802. The fourth-order valence-corrected chi connectivity index (χ4v) is 15.7. The van der Waals surface area contributed by atoms with Crippen LogP contribution in [0.25, 0.3) is 18.2 Å². The standard InChI is InChI=1S/C17H16O.C17H20.3C15H14O.C14H26.2C10H12.4C6H8N2/c1-13-3-7-15(8-4-13)9-12-17(18)16-10-5-14(2)6-11-16;1-13-5-9-15(10-6-13)17(3,4)16-11-7-14(2)8-12-16;1-11-3-7-13(8-4-11)15(16)14-9-5-12(2)6-10-14;2*1-11-6-8-13(9-7-11)15(16)14-5-3-4-12(2)10-14;1-11-3-7-13(8-4-11)14-9-5-12(2)6-10-14;2*1-3-4-10-7-5-9(2)6-8-10;2*1-5-3-8-6(2)4-7-5;2*1-5-3-7-6(2)8-4-5/h3-12H,1-2H3;5-12H,1-4H3;3*3-10H,1-2H3;11-14H,3-10H2,1-2H3;2*3-8H,1-2H3;4*3-4H,1-2H3. The van der Waals surface area contributed by atoms with Gasteiger partial charge in [-0.15, -0.1) is 0 Å². The summed E-state index contributed by atoms with van der Waals surface area (Å²) in [5.74, 6) is 6.22. The normalized spacial score (nSPS) is 13.5. The van der Waals surface area contributed by atoms with Crippen molar-refractivity contribution in [3.05, 3.63) is 538 Å². The molecule has 12 heteroatoms. The van der Waals surface area contributed by atoms with Gasteiger partial charge in [0.05, 0.1) is 22.8 Å². The van der Waals surface area contributed by atoms with E-state index in [0.29, 0.717) is 0 Å². The van der Waals surface area contributed by atoms with Crippen molar-refractivity contribution in [2.24, 2.45) is 23.7 Å². The number of carbonyl (C=O) groups is 4. The molecule has 772 valence electrons. The van der Waals surface area contributed by atoms with E-state index in [9.17, 15) is 19.2 Å². The molecule has 4 heterocycles. The third kappa shape index (κ3) is 47.1. The second-order valence-corrected chi connectivity index (χ2v) is 40.1. The number of benzene rings is 12. The van der Waals surface area contributed by atoms with Crippen molar-refractivity contribution in [1.29, 1.82) is 0 Å². The summed E-state index contributed by atoms with van der Waals surface area (Å²) in [5.41, 5.74) is 32.2. The van der Waals surface area contributed by atoms with E-state index in [4.69, 9.17) is 0 Å². The summed E-state index contributed by atoms with van der Waals surface area (Å²) in [4.78, 5) is 80.1. The second kappa shape index (κ2) is 64.8. The molecular formula is C137H160N8O4. The monoisotopic (exact) mass is 1980 g/mol. The summed E-state index contributed by atoms with van der Waals surface area (Å²) in [6.45, 7) is 53.4. The van der Waals surface area contributed by atoms with Gasteiger partial charge in [0.1, 0.15) is 11.6 Å². The zero-order valence-corrected chi connectivity index (χ0v) is 93.5. The minimum atomic E-state index is 0.0376. The van der Waals surface area contributed by atoms with Gasteiger partial charge in [0.2, 0.25) is 0 Å². The Morgan fingerprint density at radius 3 is 0.685 bits per heavy atom. The minimum Gasteiger partial charge on any atom is -0.289 e. The molecule has 0 unspecified atom stereocenters. The number of nitrogens with zero attached hydrogens (tertiary/aromatic N) is 8. The quantitative estimate of drug-likeness (QED) is 0.0746. The third-order valence-corrected chi connectivity index (χ3v) is 25.5. The van der Waals surface area contributed by atoms with Crippen LogP contribution in [0, 0.1) is 162 Å². The molecule has 18 rings (SSSR count). The average molecular weight is 1980 g/mol. The van der Waals surface area contributed by atoms with Gasteiger partial charge < -0.3 is 0 Å². The molecule has 0 aliphatic heterocycles. The number of allylic oxidation sites excluding steroid dienone is 3. The van der Waals surface area contributed by atoms with Crippen LogP contribution in [0.5, 0.6) is 0 Å². The van der Waals surface area contributed by atoms with Crippen LogP contribution in [-0.4, -0.2) is 63.0 Å². The Morgan fingerprint density at radius 2 is 0.456 bits per heavy atom. The van der Waals surface area contributed by atoms with Crippen LogP contribution in [0.3, 0.4) is 0 Å². The highest BCUT2D eigenvalue weighted by Gasteiger charge is 2.29. The minimum absolute atomic E-state index is 0.0376. The molecule has 16 aromatic rings. The van der Waals surface area contributed by atoms with Crippen molar-refractivity contribution in [2.45, 2.75) is 237 Å². The van der Waals surface area contributed by atoms with Crippen molar-refractivity contribution in [1.82, 2.24) is 39.9 Å². The van der Waals surface area contributed by atoms with Gasteiger partial charge in [-0.1, -0.05) is 430 Å². The largest absolute Gasteiger partial charge is 0.289 e. The van der Waals surface area contributed by atoms with Gasteiger partial charge in [0.15, 0.2) is 23.1 Å². The van der Waals surface area contributed by atoms with Crippen LogP contribution in [0.2, 0.25) is 0 Å². The number of aryl methyl sites for hydroxylation is 20. The first kappa shape index (κ1) is 121. The molecule has 12 nitrogen and oxygen atoms in total. The highest BCUT2D eigenvalue weighted by atomic mass is 16.1. The Morgan fingerprint density at radius 1 is 0.235 bits per heavy atom. The number of aromatic nitrogens is 8. The van der Waals surface area contributed by atoms with E-state index in [1.165, 1.54) is 98.0 Å². The predicted octanol–water partition coefficient (Wildman–Crippen LogP) is 34.5. The SMILES string of the molecule is CC1CCC(C2CCC(C)CC2)CC1.CC=Cc1ccc(C)cc1.CC=Cc1ccc(C)cc1.Cc1ccc(C(=O)c2ccc(C)cc2)cc1.Cc1ccc(C(=O)c2cccc(C)c2)cc1.Cc1ccc(C(=O)c2cccc(C)c2)cc1.Cc1ccc(C(C)(C)c2ccc(C)cc2)cc1.Cc1ccc(C=CC(=O)c2ccc(C)cc2)cc1.Cc1cnc(C)cn1.Cc1cnc(C)cn1.Cc1cnc(C)nc1.Cc1cnc(C)nc1. The van der Waals surface area contributed by atoms with Crippen molar-refractivity contribution in [3.8, 4) is 0 Å². The van der Waals surface area contributed by atoms with Gasteiger partial charge in [0.25, 0.3) is 0 Å². The summed E-state index contributed by atoms with van der Waals surface area (Å²) >= 11 is 0. The predicted molar refractivity (Wildman–Crippen MR) is 628 cm³/mol. The van der Waals surface area contributed by atoms with Gasteiger partial charge in [-0.3, -0.25) is 39.1 Å². The summed E-state index contributed by atoms with van der Waals surface area (Å²) in [7, 11) is 0. The van der Waals surface area contributed by atoms with Gasteiger partial charge in [-0.2, -0.15) is 0 Å². The summed E-state index contributed by atoms with van der Waals surface area (Å²) in [5, 5.41) is 0. The van der Waals surface area contributed by atoms with Crippen LogP contribution < -0.4 is 0 Å². The highest BCUT2D eigenvalue weighted by molar-refractivity contribution is 6.10. The fraction of sp³-hybridized carbons (Fsp3) is 0.285. The maximum atomic E-state index is 12.1. The maximum Gasteiger partial charge on any atom is 0.193 e. The lowest BCUT2D eigenvalue weighted by molar-refractivity contribution is 0.103. The Bertz CT molecular complexity index is 6180. The molecule has 0 N–H and O–H groups in total. The Labute approximate surface area is 893 Å². The number of rotatable bonds is 14. The number of ketones is 4. The first-order chi connectivity index (χ1) is 71.2. The molecule has 0 amide bonds. The molecule has 2 aliphatic rings. The lowest BCUT2D eigenvalue weighted by atomic mass is 9.70. The topological polar surface area (TPSA) is 171 Å². The molecule has 0 bridgehead atoms. The van der Waals surface area contributed by atoms with E-state index < -0.39 is 0 Å². The van der Waals surface area contributed by atoms with Gasteiger partial charge >= 0.3 is 0 Å². The molecule has 2 aliphatic carbocycles. The summed E-state index contributed by atoms with van der Waals surface area (Å²) in [6, 6.07) is 96.4. The molecule has 2 fully saturated rings. The van der Waals surface area contributed by atoms with Crippen LogP contribution in [-0.2, 0) is 5.41 Å². The second-order valence-electron chi connectivity index (χ2n) is 40.1. The maximum absolute atomic E-state index is 12.1. The van der Waals surface area contributed by atoms with E-state index in [-0.39, 0.29) is 28.5 Å². The van der Waals surface area contributed by atoms with Crippen LogP contribution in [0.4, 0.5) is 0 Å². The smallest absolute Gasteiger partial charge is 0.193 e. The molecule has 4 aromatic heterocycles. The van der Waals surface area contributed by atoms with E-state index in [1.54, 1.807) is 56.5 Å². The molecule has 0 atom stereocenters. The fourth-order valence-electron chi connectivity index (χ4n) is 15.7. The number of hydrogen-bond donors (Lipinski definition) is 0. The van der Waals surface area contributed by atoms with Crippen molar-refractivity contribution in [2.75, 3.05) is 0 Å². The lowest BCUT2D eigenvalue weighted by Gasteiger charge is -2.36. The Hall–Kier alpha value is -15.1. The van der Waals surface area contributed by atoms with E-state index >= 15 is 0 Å². The molecule has 12 aromatic carbocycles. The zero-order valence-electron chi connectivity index (χ0n) is 93.5. The Balaban J connectivity index is 0.000000222. The van der Waals surface area contributed by atoms with Crippen LogP contribution in [0.1, 0.15) is 291 Å². The van der Waals surface area contributed by atoms with Crippen molar-refractivity contribution >= 4 is 41.4 Å². The van der Waals surface area contributed by atoms with Gasteiger partial charge in [-0.25, -0.2) is 19.9 Å². The van der Waals surface area contributed by atoms with Crippen molar-refractivity contribution in [3.63, 3.8) is 0 Å². The molecule has 0 spiro atoms. The first-order valence-electron chi connectivity index (χ1n) is 52.2. The zero-order chi connectivity index (χ0) is 109. The highest BCUT2D eigenvalue weighted by Crippen LogP contribution is 2.41. The molecular weight excluding hydrogens is 1820 g/mol. The van der Waals surface area contributed by atoms with E-state index in [0.717, 1.165) is 130 Å². The number of carbonyl (C=O) groups excluding carboxylic acids is 4.